The summed E-state index contributed by atoms with van der Waals surface area (Å²) < 4.78 is 37.0. The lowest BCUT2D eigenvalue weighted by Crippen LogP contribution is -2.30. The van der Waals surface area contributed by atoms with Gasteiger partial charge in [-0.3, -0.25) is 0 Å². The first kappa shape index (κ1) is 12.2. The molecular formula is C11H15NO4S. The van der Waals surface area contributed by atoms with Gasteiger partial charge in [-0.1, -0.05) is 0 Å². The Morgan fingerprint density at radius 1 is 1.24 bits per heavy atom. The predicted octanol–water partition coefficient (Wildman–Crippen LogP) is 1.49. The Bertz CT molecular complexity index is 524. The summed E-state index contributed by atoms with van der Waals surface area (Å²) in [7, 11) is -3.48. The second kappa shape index (κ2) is 4.19. The van der Waals surface area contributed by atoms with Crippen molar-refractivity contribution >= 4 is 10.0 Å². The van der Waals surface area contributed by atoms with Crippen LogP contribution in [0.15, 0.2) is 23.1 Å². The molecule has 1 aliphatic rings. The molecule has 0 amide bonds. The van der Waals surface area contributed by atoms with Crippen LogP contribution in [-0.2, 0) is 10.0 Å². The number of benzene rings is 1. The first-order chi connectivity index (χ1) is 7.88. The number of rotatable bonds is 3. The Morgan fingerprint density at radius 2 is 1.88 bits per heavy atom. The molecule has 1 N–H and O–H groups in total. The van der Waals surface area contributed by atoms with Crippen molar-refractivity contribution in [3.8, 4) is 11.5 Å². The number of nitrogens with one attached hydrogen (secondary N) is 1. The van der Waals surface area contributed by atoms with Crippen LogP contribution in [0.1, 0.15) is 20.8 Å². The van der Waals surface area contributed by atoms with Gasteiger partial charge in [0.15, 0.2) is 11.5 Å². The van der Waals surface area contributed by atoms with E-state index in [9.17, 15) is 8.42 Å². The molecule has 1 aliphatic heterocycles. The Morgan fingerprint density at radius 3 is 2.53 bits per heavy atom. The van der Waals surface area contributed by atoms with E-state index in [2.05, 4.69) is 4.72 Å². The maximum absolute atomic E-state index is 11.9. The van der Waals surface area contributed by atoms with E-state index in [1.54, 1.807) is 26.8 Å². The van der Waals surface area contributed by atoms with Crippen molar-refractivity contribution in [3.63, 3.8) is 0 Å². The maximum atomic E-state index is 11.9. The highest BCUT2D eigenvalue weighted by atomic mass is 32.2. The normalized spacial score (nSPS) is 18.7. The van der Waals surface area contributed by atoms with Crippen LogP contribution in [-0.4, -0.2) is 20.7 Å². The molecule has 17 heavy (non-hydrogen) atoms. The largest absolute Gasteiger partial charge is 0.451 e. The second-order valence-corrected chi connectivity index (χ2v) is 5.90. The molecule has 1 aromatic carbocycles. The van der Waals surface area contributed by atoms with E-state index in [-0.39, 0.29) is 17.2 Å². The highest BCUT2D eigenvalue weighted by Gasteiger charge is 2.23. The van der Waals surface area contributed by atoms with E-state index in [1.807, 2.05) is 0 Å². The van der Waals surface area contributed by atoms with Gasteiger partial charge in [-0.15, -0.1) is 0 Å². The smallest absolute Gasteiger partial charge is 0.240 e. The van der Waals surface area contributed by atoms with Crippen LogP contribution < -0.4 is 14.2 Å². The van der Waals surface area contributed by atoms with Crippen molar-refractivity contribution in [1.82, 2.24) is 4.72 Å². The van der Waals surface area contributed by atoms with Crippen molar-refractivity contribution in [2.75, 3.05) is 0 Å². The standard InChI is InChI=1S/C11H15NO4S/c1-7(2)12-17(13,14)9-4-5-10-11(6-9)16-8(3)15-10/h4-8,12H,1-3H3. The van der Waals surface area contributed by atoms with Gasteiger partial charge in [-0.2, -0.15) is 0 Å². The third-order valence-corrected chi connectivity index (χ3v) is 3.86. The van der Waals surface area contributed by atoms with E-state index in [1.165, 1.54) is 12.1 Å². The van der Waals surface area contributed by atoms with Gasteiger partial charge in [-0.05, 0) is 26.0 Å². The van der Waals surface area contributed by atoms with Crippen LogP contribution >= 0.6 is 0 Å². The molecule has 2 rings (SSSR count). The molecule has 0 fully saturated rings. The van der Waals surface area contributed by atoms with E-state index < -0.39 is 10.0 Å². The fraction of sp³-hybridized carbons (Fsp3) is 0.455. The minimum Gasteiger partial charge on any atom is -0.451 e. The fourth-order valence-corrected chi connectivity index (χ4v) is 2.87. The third kappa shape index (κ3) is 2.53. The summed E-state index contributed by atoms with van der Waals surface area (Å²) in [6.45, 7) is 5.29. The number of hydrogen-bond donors (Lipinski definition) is 1. The van der Waals surface area contributed by atoms with Crippen molar-refractivity contribution in [2.45, 2.75) is 38.0 Å². The number of sulfonamides is 1. The highest BCUT2D eigenvalue weighted by molar-refractivity contribution is 7.89. The minimum atomic E-state index is -3.48. The molecule has 0 aromatic heterocycles. The Balaban J connectivity index is 2.33. The summed E-state index contributed by atoms with van der Waals surface area (Å²) in [5, 5.41) is 0. The average molecular weight is 257 g/mol. The monoisotopic (exact) mass is 257 g/mol. The molecule has 0 aliphatic carbocycles. The minimum absolute atomic E-state index is 0.149. The first-order valence-corrected chi connectivity index (χ1v) is 6.86. The van der Waals surface area contributed by atoms with E-state index in [4.69, 9.17) is 9.47 Å². The number of hydrogen-bond acceptors (Lipinski definition) is 4. The van der Waals surface area contributed by atoms with E-state index in [0.29, 0.717) is 11.5 Å². The van der Waals surface area contributed by atoms with Gasteiger partial charge in [0.1, 0.15) is 0 Å². The summed E-state index contributed by atoms with van der Waals surface area (Å²) in [5.41, 5.74) is 0. The molecule has 1 unspecified atom stereocenters. The molecule has 1 atom stereocenters. The zero-order valence-corrected chi connectivity index (χ0v) is 10.7. The maximum Gasteiger partial charge on any atom is 0.240 e. The molecule has 0 radical (unpaired) electrons. The molecule has 0 bridgehead atoms. The summed E-state index contributed by atoms with van der Waals surface area (Å²) in [6.07, 6.45) is -0.374. The highest BCUT2D eigenvalue weighted by Crippen LogP contribution is 2.36. The molecule has 0 saturated heterocycles. The lowest BCUT2D eigenvalue weighted by Gasteiger charge is -2.09. The Hall–Kier alpha value is -1.27. The van der Waals surface area contributed by atoms with Gasteiger partial charge in [0, 0.05) is 19.0 Å². The Kier molecular flexibility index (Phi) is 3.01. The lowest BCUT2D eigenvalue weighted by molar-refractivity contribution is 0.0678. The fourth-order valence-electron chi connectivity index (χ4n) is 1.61. The van der Waals surface area contributed by atoms with Crippen molar-refractivity contribution < 1.29 is 17.9 Å². The molecule has 0 spiro atoms. The van der Waals surface area contributed by atoms with Gasteiger partial charge in [0.2, 0.25) is 16.3 Å². The second-order valence-electron chi connectivity index (χ2n) is 4.19. The molecule has 1 heterocycles. The van der Waals surface area contributed by atoms with Crippen molar-refractivity contribution in [2.24, 2.45) is 0 Å². The van der Waals surface area contributed by atoms with Crippen LogP contribution in [0, 0.1) is 0 Å². The van der Waals surface area contributed by atoms with Crippen LogP contribution in [0.3, 0.4) is 0 Å². The summed E-state index contributed by atoms with van der Waals surface area (Å²) in [6, 6.07) is 4.44. The van der Waals surface area contributed by atoms with Gasteiger partial charge in [0.25, 0.3) is 0 Å². The lowest BCUT2D eigenvalue weighted by atomic mass is 10.3. The topological polar surface area (TPSA) is 64.6 Å². The van der Waals surface area contributed by atoms with Gasteiger partial charge >= 0.3 is 0 Å². The number of ether oxygens (including phenoxy) is 2. The predicted molar refractivity (Wildman–Crippen MR) is 62.6 cm³/mol. The molecule has 94 valence electrons. The number of fused-ring (bicyclic) bond motifs is 1. The van der Waals surface area contributed by atoms with Crippen LogP contribution in [0.2, 0.25) is 0 Å². The SMILES string of the molecule is CC(C)NS(=O)(=O)c1ccc2c(c1)OC(C)O2. The summed E-state index contributed by atoms with van der Waals surface area (Å²) in [5.74, 6) is 1.03. The van der Waals surface area contributed by atoms with Gasteiger partial charge < -0.3 is 9.47 Å². The van der Waals surface area contributed by atoms with Gasteiger partial charge in [0.05, 0.1) is 4.90 Å². The van der Waals surface area contributed by atoms with Crippen LogP contribution in [0.25, 0.3) is 0 Å². The quantitative estimate of drug-likeness (QED) is 0.891. The van der Waals surface area contributed by atoms with Crippen molar-refractivity contribution in [1.29, 1.82) is 0 Å². The molecule has 1 aromatic rings. The zero-order chi connectivity index (χ0) is 12.6. The van der Waals surface area contributed by atoms with Crippen molar-refractivity contribution in [3.05, 3.63) is 18.2 Å². The first-order valence-electron chi connectivity index (χ1n) is 5.38. The third-order valence-electron chi connectivity index (χ3n) is 2.20. The van der Waals surface area contributed by atoms with Crippen LogP contribution in [0.4, 0.5) is 0 Å². The zero-order valence-electron chi connectivity index (χ0n) is 9.93. The van der Waals surface area contributed by atoms with Gasteiger partial charge in [-0.25, -0.2) is 13.1 Å². The molecule has 6 heteroatoms. The summed E-state index contributed by atoms with van der Waals surface area (Å²) >= 11 is 0. The van der Waals surface area contributed by atoms with E-state index >= 15 is 0 Å². The molecular weight excluding hydrogens is 242 g/mol. The van der Waals surface area contributed by atoms with E-state index in [0.717, 1.165) is 0 Å². The molecule has 0 saturated carbocycles. The summed E-state index contributed by atoms with van der Waals surface area (Å²) in [4.78, 5) is 0.183. The Labute approximate surface area is 101 Å². The van der Waals surface area contributed by atoms with Crippen LogP contribution in [0.5, 0.6) is 11.5 Å². The molecule has 5 nitrogen and oxygen atoms in total. The average Bonchev–Trinajstić information content (AvgIpc) is 2.54.